The molecule has 1 aliphatic rings. The Labute approximate surface area is 138 Å². The molecule has 1 atom stereocenters. The molecule has 0 radical (unpaired) electrons. The van der Waals surface area contributed by atoms with Gasteiger partial charge in [0, 0.05) is 31.5 Å². The summed E-state index contributed by atoms with van der Waals surface area (Å²) in [5.41, 5.74) is 1.11. The lowest BCUT2D eigenvalue weighted by Crippen LogP contribution is -2.13. The molecule has 120 valence electrons. The largest absolute Gasteiger partial charge is 0.456 e. The fourth-order valence-electron chi connectivity index (χ4n) is 2.63. The van der Waals surface area contributed by atoms with Gasteiger partial charge in [-0.05, 0) is 6.07 Å². The topological polar surface area (TPSA) is 85.6 Å². The minimum absolute atomic E-state index is 0.136. The molecule has 24 heavy (non-hydrogen) atoms. The van der Waals surface area contributed by atoms with E-state index in [2.05, 4.69) is 6.07 Å². The van der Waals surface area contributed by atoms with Crippen molar-refractivity contribution in [2.24, 2.45) is 0 Å². The van der Waals surface area contributed by atoms with Gasteiger partial charge in [-0.15, -0.1) is 0 Å². The van der Waals surface area contributed by atoms with Crippen LogP contribution in [-0.2, 0) is 9.59 Å². The first-order chi connectivity index (χ1) is 11.5. The highest BCUT2D eigenvalue weighted by molar-refractivity contribution is 5.74. The van der Waals surface area contributed by atoms with E-state index in [9.17, 15) is 14.9 Å². The van der Waals surface area contributed by atoms with E-state index in [1.165, 1.54) is 26.0 Å². The molecule has 1 heterocycles. The quantitative estimate of drug-likeness (QED) is 0.622. The number of nitrogens with zero attached hydrogens (tertiary/aromatic N) is 1. The first kappa shape index (κ1) is 15.6. The van der Waals surface area contributed by atoms with Gasteiger partial charge in [0.05, 0.1) is 11.6 Å². The van der Waals surface area contributed by atoms with E-state index in [1.807, 2.05) is 0 Å². The van der Waals surface area contributed by atoms with Crippen molar-refractivity contribution < 1.29 is 23.8 Å². The third-order valence-electron chi connectivity index (χ3n) is 3.46. The molecule has 6 nitrogen and oxygen atoms in total. The summed E-state index contributed by atoms with van der Waals surface area (Å²) in [6.07, 6.45) is 0. The molecule has 3 rings (SSSR count). The van der Waals surface area contributed by atoms with Gasteiger partial charge in [0.1, 0.15) is 28.9 Å². The van der Waals surface area contributed by atoms with Gasteiger partial charge in [-0.2, -0.15) is 5.26 Å². The summed E-state index contributed by atoms with van der Waals surface area (Å²) in [5, 5.41) is 9.63. The summed E-state index contributed by atoms with van der Waals surface area (Å²) in [6, 6.07) is 12.2. The number of fused-ring (bicyclic) bond motifs is 2. The Bertz CT molecular complexity index is 881. The van der Waals surface area contributed by atoms with Crippen LogP contribution in [0, 0.1) is 11.3 Å². The fraction of sp³-hybridized carbons (Fsp3) is 0.167. The van der Waals surface area contributed by atoms with Crippen LogP contribution in [0.3, 0.4) is 0 Å². The number of carbonyl (C=O) groups is 2. The summed E-state index contributed by atoms with van der Waals surface area (Å²) in [7, 11) is 0. The Balaban J connectivity index is 2.19. The first-order valence-corrected chi connectivity index (χ1v) is 7.20. The zero-order valence-corrected chi connectivity index (χ0v) is 13.0. The molecule has 0 aromatic heterocycles. The van der Waals surface area contributed by atoms with Crippen molar-refractivity contribution in [3.8, 4) is 29.1 Å². The molecule has 0 fully saturated rings. The Hall–Kier alpha value is -3.33. The van der Waals surface area contributed by atoms with Gasteiger partial charge in [0.15, 0.2) is 0 Å². The summed E-state index contributed by atoms with van der Waals surface area (Å²) >= 11 is 0. The Morgan fingerprint density at radius 3 is 2.46 bits per heavy atom. The molecule has 0 bridgehead atoms. The second kappa shape index (κ2) is 6.05. The average Bonchev–Trinajstić information content (AvgIpc) is 2.51. The average molecular weight is 323 g/mol. The first-order valence-electron chi connectivity index (χ1n) is 7.20. The van der Waals surface area contributed by atoms with Crippen LogP contribution < -0.4 is 14.2 Å². The normalized spacial score (nSPS) is 14.5. The van der Waals surface area contributed by atoms with Gasteiger partial charge in [-0.1, -0.05) is 18.2 Å². The van der Waals surface area contributed by atoms with Crippen molar-refractivity contribution in [2.45, 2.75) is 19.8 Å². The predicted octanol–water partition coefficient (Wildman–Crippen LogP) is 3.30. The number of ether oxygens (including phenoxy) is 3. The lowest BCUT2D eigenvalue weighted by molar-refractivity contribution is -0.132. The molecule has 6 heteroatoms. The molecule has 1 unspecified atom stereocenters. The molecule has 0 aliphatic carbocycles. The van der Waals surface area contributed by atoms with Crippen LogP contribution in [0.1, 0.15) is 30.9 Å². The summed E-state index contributed by atoms with van der Waals surface area (Å²) in [5.74, 6) is -0.568. The van der Waals surface area contributed by atoms with Crippen LogP contribution in [0.4, 0.5) is 0 Å². The highest BCUT2D eigenvalue weighted by Crippen LogP contribution is 2.49. The van der Waals surface area contributed by atoms with Gasteiger partial charge in [0.2, 0.25) is 0 Å². The third-order valence-corrected chi connectivity index (χ3v) is 3.46. The minimum Gasteiger partial charge on any atom is -0.456 e. The van der Waals surface area contributed by atoms with E-state index in [0.717, 1.165) is 0 Å². The zero-order chi connectivity index (χ0) is 17.3. The fourth-order valence-corrected chi connectivity index (χ4v) is 2.63. The van der Waals surface area contributed by atoms with E-state index in [-0.39, 0.29) is 11.5 Å². The van der Waals surface area contributed by atoms with Crippen LogP contribution in [0.2, 0.25) is 0 Å². The second-order valence-electron chi connectivity index (χ2n) is 5.22. The van der Waals surface area contributed by atoms with Crippen molar-refractivity contribution >= 4 is 11.9 Å². The Morgan fingerprint density at radius 1 is 1.08 bits per heavy atom. The molecule has 2 aromatic carbocycles. The summed E-state index contributed by atoms with van der Waals surface area (Å²) < 4.78 is 16.1. The van der Waals surface area contributed by atoms with Crippen molar-refractivity contribution in [3.05, 3.63) is 47.5 Å². The Morgan fingerprint density at radius 2 is 1.79 bits per heavy atom. The van der Waals surface area contributed by atoms with Crippen LogP contribution in [0.25, 0.3) is 0 Å². The van der Waals surface area contributed by atoms with E-state index in [1.54, 1.807) is 24.3 Å². The number of hydrogen-bond donors (Lipinski definition) is 0. The predicted molar refractivity (Wildman–Crippen MR) is 83.0 cm³/mol. The number of esters is 2. The number of carbonyl (C=O) groups excluding carboxylic acids is 2. The van der Waals surface area contributed by atoms with Crippen LogP contribution in [-0.4, -0.2) is 11.9 Å². The standard InChI is InChI=1S/C18H13NO5/c1-10(20)22-12-7-16(23-11(2)21)18-14(9-19)13-5-3-4-6-15(13)24-17(18)8-12/h3-8,14H,1-2H3. The molecule has 0 N–H and O–H groups in total. The molecule has 0 saturated heterocycles. The molecular weight excluding hydrogens is 310 g/mol. The monoisotopic (exact) mass is 323 g/mol. The van der Waals surface area contributed by atoms with Gasteiger partial charge < -0.3 is 14.2 Å². The van der Waals surface area contributed by atoms with Crippen LogP contribution in [0.5, 0.6) is 23.0 Å². The molecular formula is C18H13NO5. The molecule has 2 aromatic rings. The lowest BCUT2D eigenvalue weighted by Gasteiger charge is -2.26. The van der Waals surface area contributed by atoms with Crippen LogP contribution in [0.15, 0.2) is 36.4 Å². The van der Waals surface area contributed by atoms with E-state index >= 15 is 0 Å². The van der Waals surface area contributed by atoms with Crippen molar-refractivity contribution in [1.82, 2.24) is 0 Å². The number of rotatable bonds is 2. The van der Waals surface area contributed by atoms with Gasteiger partial charge in [-0.3, -0.25) is 9.59 Å². The molecule has 0 saturated carbocycles. The van der Waals surface area contributed by atoms with Crippen molar-refractivity contribution in [3.63, 3.8) is 0 Å². The maximum Gasteiger partial charge on any atom is 0.308 e. The summed E-state index contributed by atoms with van der Waals surface area (Å²) in [4.78, 5) is 22.6. The second-order valence-corrected chi connectivity index (χ2v) is 5.22. The van der Waals surface area contributed by atoms with E-state index in [4.69, 9.17) is 14.2 Å². The highest BCUT2D eigenvalue weighted by Gasteiger charge is 2.32. The molecule has 0 amide bonds. The minimum atomic E-state index is -0.661. The lowest BCUT2D eigenvalue weighted by atomic mass is 9.88. The van der Waals surface area contributed by atoms with Crippen molar-refractivity contribution in [2.75, 3.05) is 0 Å². The third kappa shape index (κ3) is 2.79. The van der Waals surface area contributed by atoms with E-state index in [0.29, 0.717) is 22.6 Å². The number of para-hydroxylation sites is 1. The Kier molecular flexibility index (Phi) is 3.92. The highest BCUT2D eigenvalue weighted by atomic mass is 16.5. The number of benzene rings is 2. The maximum absolute atomic E-state index is 11.4. The smallest absolute Gasteiger partial charge is 0.308 e. The van der Waals surface area contributed by atoms with Crippen molar-refractivity contribution in [1.29, 1.82) is 5.26 Å². The number of nitriles is 1. The zero-order valence-electron chi connectivity index (χ0n) is 13.0. The van der Waals surface area contributed by atoms with Gasteiger partial charge in [-0.25, -0.2) is 0 Å². The van der Waals surface area contributed by atoms with E-state index < -0.39 is 17.9 Å². The van der Waals surface area contributed by atoms with Crippen LogP contribution >= 0.6 is 0 Å². The SMILES string of the molecule is CC(=O)Oc1cc(OC(C)=O)c2c(c1)Oc1ccccc1C2C#N. The molecule has 1 aliphatic heterocycles. The number of hydrogen-bond acceptors (Lipinski definition) is 6. The van der Waals surface area contributed by atoms with Gasteiger partial charge >= 0.3 is 11.9 Å². The summed E-state index contributed by atoms with van der Waals surface area (Å²) in [6.45, 7) is 2.52. The maximum atomic E-state index is 11.4. The van der Waals surface area contributed by atoms with Gasteiger partial charge in [0.25, 0.3) is 0 Å². The molecule has 0 spiro atoms.